The summed E-state index contributed by atoms with van der Waals surface area (Å²) in [5.74, 6) is -0.558. The van der Waals surface area contributed by atoms with Crippen molar-refractivity contribution in [3.05, 3.63) is 98.0 Å². The van der Waals surface area contributed by atoms with E-state index in [-0.39, 0.29) is 28.6 Å². The molecule has 0 aliphatic carbocycles. The molecule has 33 heavy (non-hydrogen) atoms. The summed E-state index contributed by atoms with van der Waals surface area (Å²) in [5.41, 5.74) is 3.00. The van der Waals surface area contributed by atoms with Gasteiger partial charge in [-0.25, -0.2) is 10.2 Å². The maximum absolute atomic E-state index is 12.1. The van der Waals surface area contributed by atoms with Crippen molar-refractivity contribution in [3.63, 3.8) is 0 Å². The molecule has 0 aliphatic rings. The summed E-state index contributed by atoms with van der Waals surface area (Å²) in [5, 5.41) is 15.2. The second-order valence-corrected chi connectivity index (χ2v) is 7.26. The van der Waals surface area contributed by atoms with Gasteiger partial charge in [0.25, 0.3) is 11.6 Å². The van der Waals surface area contributed by atoms with Gasteiger partial charge in [-0.1, -0.05) is 23.2 Å². The highest BCUT2D eigenvalue weighted by Crippen LogP contribution is 2.27. The van der Waals surface area contributed by atoms with Gasteiger partial charge in [-0.05, 0) is 60.2 Å². The molecule has 0 fully saturated rings. The van der Waals surface area contributed by atoms with E-state index in [0.29, 0.717) is 16.3 Å². The van der Waals surface area contributed by atoms with Crippen LogP contribution < -0.4 is 14.9 Å². The number of esters is 1. The molecule has 0 spiro atoms. The topological polar surface area (TPSA) is 120 Å². The minimum absolute atomic E-state index is 0.123. The molecule has 3 aromatic rings. The zero-order valence-corrected chi connectivity index (χ0v) is 18.2. The number of amides is 1. The van der Waals surface area contributed by atoms with Crippen LogP contribution in [-0.2, 0) is 4.79 Å². The van der Waals surface area contributed by atoms with Crippen molar-refractivity contribution >= 4 is 47.0 Å². The second-order valence-electron chi connectivity index (χ2n) is 6.42. The molecule has 0 aromatic heterocycles. The van der Waals surface area contributed by atoms with E-state index in [4.69, 9.17) is 32.7 Å². The van der Waals surface area contributed by atoms with Crippen LogP contribution in [0.4, 0.5) is 5.69 Å². The molecule has 0 saturated carbocycles. The Kier molecular flexibility index (Phi) is 7.96. The Balaban J connectivity index is 1.47. The third kappa shape index (κ3) is 7.03. The van der Waals surface area contributed by atoms with Gasteiger partial charge in [0.1, 0.15) is 11.5 Å². The Morgan fingerprint density at radius 1 is 1.03 bits per heavy atom. The van der Waals surface area contributed by atoms with Crippen LogP contribution in [-0.4, -0.2) is 29.6 Å². The number of nitrogens with one attached hydrogen (secondary N) is 1. The van der Waals surface area contributed by atoms with Crippen molar-refractivity contribution in [2.45, 2.75) is 0 Å². The average Bonchev–Trinajstić information content (AvgIpc) is 2.79. The predicted molar refractivity (Wildman–Crippen MR) is 122 cm³/mol. The first-order valence-electron chi connectivity index (χ1n) is 9.28. The van der Waals surface area contributed by atoms with E-state index in [9.17, 15) is 19.7 Å². The number of carbonyl (C=O) groups excluding carboxylic acids is 2. The van der Waals surface area contributed by atoms with E-state index in [0.717, 1.165) is 0 Å². The van der Waals surface area contributed by atoms with Crippen LogP contribution >= 0.6 is 23.2 Å². The normalized spacial score (nSPS) is 10.6. The highest BCUT2D eigenvalue weighted by molar-refractivity contribution is 6.35. The second kappa shape index (κ2) is 11.1. The predicted octanol–water partition coefficient (Wildman–Crippen LogP) is 4.65. The van der Waals surface area contributed by atoms with E-state index >= 15 is 0 Å². The minimum Gasteiger partial charge on any atom is -0.482 e. The van der Waals surface area contributed by atoms with E-state index < -0.39 is 16.8 Å². The number of nitro groups is 1. The van der Waals surface area contributed by atoms with Crippen LogP contribution in [0.15, 0.2) is 71.8 Å². The summed E-state index contributed by atoms with van der Waals surface area (Å²) in [7, 11) is 0. The third-order valence-corrected chi connectivity index (χ3v) is 4.59. The number of hydrogen-bond donors (Lipinski definition) is 1. The molecule has 11 heteroatoms. The zero-order chi connectivity index (χ0) is 23.8. The van der Waals surface area contributed by atoms with Gasteiger partial charge >= 0.3 is 5.97 Å². The molecule has 9 nitrogen and oxygen atoms in total. The fourth-order valence-corrected chi connectivity index (χ4v) is 2.92. The number of halogens is 2. The highest BCUT2D eigenvalue weighted by atomic mass is 35.5. The molecule has 1 N–H and O–H groups in total. The first kappa shape index (κ1) is 23.7. The summed E-state index contributed by atoms with van der Waals surface area (Å²) in [6.07, 6.45) is 1.40. The van der Waals surface area contributed by atoms with Crippen molar-refractivity contribution in [2.24, 2.45) is 5.10 Å². The first-order valence-corrected chi connectivity index (χ1v) is 10.0. The van der Waals surface area contributed by atoms with Gasteiger partial charge in [-0.15, -0.1) is 0 Å². The lowest BCUT2D eigenvalue weighted by Crippen LogP contribution is -2.24. The van der Waals surface area contributed by atoms with Gasteiger partial charge in [0, 0.05) is 17.2 Å². The Bertz CT molecular complexity index is 1200. The molecule has 3 aromatic carbocycles. The first-order chi connectivity index (χ1) is 15.8. The number of hydrogen-bond acceptors (Lipinski definition) is 7. The Hall–Kier alpha value is -3.95. The van der Waals surface area contributed by atoms with Crippen molar-refractivity contribution < 1.29 is 24.0 Å². The van der Waals surface area contributed by atoms with Crippen LogP contribution in [0.1, 0.15) is 15.9 Å². The Labute approximate surface area is 197 Å². The summed E-state index contributed by atoms with van der Waals surface area (Å²) in [6, 6.07) is 16.0. The van der Waals surface area contributed by atoms with Crippen LogP contribution in [0.2, 0.25) is 10.0 Å². The molecule has 3 rings (SSSR count). The van der Waals surface area contributed by atoms with Gasteiger partial charge in [0.15, 0.2) is 6.61 Å². The molecule has 0 unspecified atom stereocenters. The molecule has 0 heterocycles. The molecule has 0 aliphatic heterocycles. The molecule has 0 saturated heterocycles. The minimum atomic E-state index is -0.653. The molecule has 1 amide bonds. The van der Waals surface area contributed by atoms with Crippen LogP contribution in [0.3, 0.4) is 0 Å². The number of hydrazone groups is 1. The fraction of sp³-hybridized carbons (Fsp3) is 0.0455. The van der Waals surface area contributed by atoms with Crippen LogP contribution in [0, 0.1) is 10.1 Å². The SMILES string of the molecule is O=C(COc1ccc(Cl)cc1Cl)NN=Cc1ccc(OC(=O)c2ccc([N+](=O)[O-])cc2)cc1. The highest BCUT2D eigenvalue weighted by Gasteiger charge is 2.11. The molecular formula is C22H15Cl2N3O6. The van der Waals surface area contributed by atoms with Crippen molar-refractivity contribution in [2.75, 3.05) is 6.61 Å². The largest absolute Gasteiger partial charge is 0.482 e. The summed E-state index contributed by atoms with van der Waals surface area (Å²) < 4.78 is 10.5. The summed E-state index contributed by atoms with van der Waals surface area (Å²) in [6.45, 7) is -0.295. The number of nitrogens with zero attached hydrogens (tertiary/aromatic N) is 2. The molecule has 0 atom stereocenters. The van der Waals surface area contributed by atoms with Crippen molar-refractivity contribution in [1.82, 2.24) is 5.43 Å². The molecular weight excluding hydrogens is 473 g/mol. The smallest absolute Gasteiger partial charge is 0.343 e. The van der Waals surface area contributed by atoms with E-state index in [1.807, 2.05) is 0 Å². The van der Waals surface area contributed by atoms with Crippen molar-refractivity contribution in [1.29, 1.82) is 0 Å². The zero-order valence-electron chi connectivity index (χ0n) is 16.7. The summed E-state index contributed by atoms with van der Waals surface area (Å²) in [4.78, 5) is 34.1. The lowest BCUT2D eigenvalue weighted by molar-refractivity contribution is -0.384. The van der Waals surface area contributed by atoms with E-state index in [1.54, 1.807) is 24.3 Å². The maximum Gasteiger partial charge on any atom is 0.343 e. The van der Waals surface area contributed by atoms with Crippen molar-refractivity contribution in [3.8, 4) is 11.5 Å². The fourth-order valence-electron chi connectivity index (χ4n) is 2.45. The van der Waals surface area contributed by atoms with Gasteiger partial charge in [0.2, 0.25) is 0 Å². The van der Waals surface area contributed by atoms with E-state index in [2.05, 4.69) is 10.5 Å². The van der Waals surface area contributed by atoms with Gasteiger partial charge in [-0.2, -0.15) is 5.10 Å². The lowest BCUT2D eigenvalue weighted by atomic mass is 10.2. The number of ether oxygens (including phenoxy) is 2. The third-order valence-electron chi connectivity index (χ3n) is 4.06. The van der Waals surface area contributed by atoms with Crippen LogP contribution in [0.25, 0.3) is 0 Å². The summed E-state index contributed by atoms with van der Waals surface area (Å²) >= 11 is 11.8. The maximum atomic E-state index is 12.1. The number of non-ortho nitro benzene ring substituents is 1. The monoisotopic (exact) mass is 487 g/mol. The quantitative estimate of drug-likeness (QED) is 0.162. The molecule has 0 bridgehead atoms. The number of rotatable bonds is 8. The number of carbonyl (C=O) groups is 2. The number of nitro benzene ring substituents is 1. The van der Waals surface area contributed by atoms with Gasteiger partial charge in [-0.3, -0.25) is 14.9 Å². The molecule has 0 radical (unpaired) electrons. The Morgan fingerprint density at radius 2 is 1.73 bits per heavy atom. The number of benzene rings is 3. The van der Waals surface area contributed by atoms with Crippen LogP contribution in [0.5, 0.6) is 11.5 Å². The molecule has 168 valence electrons. The standard InChI is InChI=1S/C22H15Cl2N3O6/c23-16-5-10-20(19(24)11-16)32-13-21(28)26-25-12-14-1-8-18(9-2-14)33-22(29)15-3-6-17(7-4-15)27(30)31/h1-12H,13H2,(H,26,28). The van der Waals surface area contributed by atoms with Gasteiger partial charge in [0.05, 0.1) is 21.7 Å². The lowest BCUT2D eigenvalue weighted by Gasteiger charge is -2.07. The average molecular weight is 488 g/mol. The Morgan fingerprint density at radius 3 is 2.36 bits per heavy atom. The van der Waals surface area contributed by atoms with Gasteiger partial charge < -0.3 is 9.47 Å². The van der Waals surface area contributed by atoms with E-state index in [1.165, 1.54) is 48.7 Å².